The van der Waals surface area contributed by atoms with Gasteiger partial charge in [-0.2, -0.15) is 0 Å². The summed E-state index contributed by atoms with van der Waals surface area (Å²) in [5.74, 6) is 0.698. The number of anilines is 1. The number of hydrogen-bond donors (Lipinski definition) is 2. The molecule has 1 atom stereocenters. The van der Waals surface area contributed by atoms with Crippen LogP contribution in [-0.4, -0.2) is 89.4 Å². The van der Waals surface area contributed by atoms with Gasteiger partial charge < -0.3 is 39.0 Å². The van der Waals surface area contributed by atoms with E-state index in [2.05, 4.69) is 33.0 Å². The highest BCUT2D eigenvalue weighted by molar-refractivity contribution is 6.09. The maximum atomic E-state index is 15.3. The maximum absolute atomic E-state index is 15.3. The molecule has 4 aliphatic rings. The smallest absolute Gasteiger partial charge is 0.260 e. The van der Waals surface area contributed by atoms with E-state index in [1.54, 1.807) is 35.2 Å². The van der Waals surface area contributed by atoms with Crippen molar-refractivity contribution < 1.29 is 33.7 Å². The Morgan fingerprint density at radius 1 is 0.839 bits per heavy atom. The van der Waals surface area contributed by atoms with E-state index in [0.29, 0.717) is 78.7 Å². The molecule has 2 N–H and O–H groups in total. The third-order valence-electron chi connectivity index (χ3n) is 12.2. The number of phenolic OH excluding ortho intramolecular Hbond substituents is 1. The average Bonchev–Trinajstić information content (AvgIpc) is 3.95. The summed E-state index contributed by atoms with van der Waals surface area (Å²) >= 11 is 0. The summed E-state index contributed by atoms with van der Waals surface area (Å²) in [6.07, 6.45) is 4.10. The summed E-state index contributed by atoms with van der Waals surface area (Å²) in [5, 5.41) is 13.2. The number of carbonyl (C=O) groups excluding carboxylic acids is 3. The normalized spacial score (nSPS) is 16.7. The van der Waals surface area contributed by atoms with Gasteiger partial charge in [0, 0.05) is 73.5 Å². The second-order valence-corrected chi connectivity index (χ2v) is 16.1. The minimum Gasteiger partial charge on any atom is -0.508 e. The molecule has 324 valence electrons. The first kappa shape index (κ1) is 42.6. The van der Waals surface area contributed by atoms with E-state index < -0.39 is 0 Å². The number of carbonyl (C=O) groups is 3. The lowest BCUT2D eigenvalue weighted by Gasteiger charge is -2.40. The summed E-state index contributed by atoms with van der Waals surface area (Å²) in [4.78, 5) is 49.5. The van der Waals surface area contributed by atoms with E-state index in [-0.39, 0.29) is 42.9 Å². The maximum Gasteiger partial charge on any atom is 0.260 e. The Labute approximate surface area is 364 Å². The predicted molar refractivity (Wildman–Crippen MR) is 239 cm³/mol. The zero-order valence-corrected chi connectivity index (χ0v) is 36.0. The third-order valence-corrected chi connectivity index (χ3v) is 12.2. The standard InChI is InChI=1S/C48H51N5O7.C2H6/c1-2-17-49-46(55)34-11-7-8-32(23-34)28-52(36-13-15-38(54)16-14-36)48(57)41-25-43(51-18-6-5-12-42(41)51)39-26-44-45(60-31-59-44)27-40(39)47(56)53-29-35-10-4-3-9-33(35)24-37(53)30-50-19-21-58-22-20-50;1-2/h3-4,7-11,13-16,23,25-27,37,54H,2,5-6,12,17-22,24,28-31H2,1H3,(H,49,55);1-2H3/t37-;/m0./s1. The lowest BCUT2D eigenvalue weighted by molar-refractivity contribution is 0.0193. The van der Waals surface area contributed by atoms with Gasteiger partial charge in [-0.3, -0.25) is 19.3 Å². The molecule has 0 radical (unpaired) electrons. The zero-order valence-electron chi connectivity index (χ0n) is 36.0. The quantitative estimate of drug-likeness (QED) is 0.138. The molecule has 5 aromatic rings. The molecule has 4 aliphatic heterocycles. The first-order valence-electron chi connectivity index (χ1n) is 22.2. The number of benzene rings is 4. The monoisotopic (exact) mass is 839 g/mol. The van der Waals surface area contributed by atoms with Crippen LogP contribution in [0.5, 0.6) is 17.2 Å². The molecule has 9 rings (SSSR count). The Kier molecular flexibility index (Phi) is 13.3. The molecular formula is C50H57N5O7. The molecule has 0 unspecified atom stereocenters. The van der Waals surface area contributed by atoms with Crippen LogP contribution in [0.1, 0.15) is 93.5 Å². The molecule has 1 aromatic heterocycles. The molecule has 62 heavy (non-hydrogen) atoms. The molecule has 1 fully saturated rings. The fraction of sp³-hybridized carbons (Fsp3) is 0.380. The second-order valence-electron chi connectivity index (χ2n) is 16.1. The zero-order chi connectivity index (χ0) is 43.2. The minimum absolute atomic E-state index is 0.0578. The van der Waals surface area contributed by atoms with Crippen LogP contribution in [0, 0.1) is 0 Å². The summed E-state index contributed by atoms with van der Waals surface area (Å²) in [6, 6.07) is 27.9. The van der Waals surface area contributed by atoms with E-state index in [1.165, 1.54) is 5.56 Å². The van der Waals surface area contributed by atoms with Crippen molar-refractivity contribution in [1.82, 2.24) is 19.7 Å². The van der Waals surface area contributed by atoms with Gasteiger partial charge in [0.2, 0.25) is 6.79 Å². The van der Waals surface area contributed by atoms with Crippen molar-refractivity contribution in [3.63, 3.8) is 0 Å². The molecule has 0 aliphatic carbocycles. The van der Waals surface area contributed by atoms with Crippen molar-refractivity contribution in [2.24, 2.45) is 0 Å². The van der Waals surface area contributed by atoms with E-state index in [4.69, 9.17) is 14.2 Å². The molecule has 5 heterocycles. The lowest BCUT2D eigenvalue weighted by atomic mass is 9.92. The number of hydrogen-bond acceptors (Lipinski definition) is 8. The Bertz CT molecular complexity index is 2400. The summed E-state index contributed by atoms with van der Waals surface area (Å²) in [5.41, 5.74) is 7.73. The number of ether oxygens (including phenoxy) is 3. The van der Waals surface area contributed by atoms with Crippen LogP contribution in [0.2, 0.25) is 0 Å². The number of aromatic nitrogens is 1. The van der Waals surface area contributed by atoms with Crippen LogP contribution in [-0.2, 0) is 37.2 Å². The van der Waals surface area contributed by atoms with Gasteiger partial charge in [-0.25, -0.2) is 0 Å². The fourth-order valence-corrected chi connectivity index (χ4v) is 9.03. The van der Waals surface area contributed by atoms with Gasteiger partial charge in [0.1, 0.15) is 5.75 Å². The number of rotatable bonds is 11. The minimum atomic E-state index is -0.217. The Morgan fingerprint density at radius 2 is 1.60 bits per heavy atom. The first-order valence-corrected chi connectivity index (χ1v) is 22.2. The largest absolute Gasteiger partial charge is 0.508 e. The van der Waals surface area contributed by atoms with Crippen molar-refractivity contribution in [2.45, 2.75) is 78.6 Å². The first-order chi connectivity index (χ1) is 30.3. The van der Waals surface area contributed by atoms with Crippen molar-refractivity contribution in [1.29, 1.82) is 0 Å². The van der Waals surface area contributed by atoms with Crippen LogP contribution >= 0.6 is 0 Å². The SMILES string of the molecule is CC.CCCNC(=O)c1cccc(CN(C(=O)c2cc(-c3cc4c(cc3C(=O)N3Cc5ccccc5C[C@H]3CN3CCOCC3)OCO4)n3c2CCCC3)c2ccc(O)cc2)c1. The summed E-state index contributed by atoms with van der Waals surface area (Å²) in [7, 11) is 0. The molecule has 1 saturated heterocycles. The van der Waals surface area contributed by atoms with E-state index in [9.17, 15) is 9.90 Å². The molecule has 4 aromatic carbocycles. The number of fused-ring (bicyclic) bond motifs is 3. The van der Waals surface area contributed by atoms with Gasteiger partial charge in [-0.1, -0.05) is 57.2 Å². The van der Waals surface area contributed by atoms with Crippen LogP contribution in [0.4, 0.5) is 5.69 Å². The number of nitrogens with one attached hydrogen (secondary N) is 1. The fourth-order valence-electron chi connectivity index (χ4n) is 9.03. The van der Waals surface area contributed by atoms with Gasteiger partial charge >= 0.3 is 0 Å². The average molecular weight is 840 g/mol. The number of amides is 3. The summed E-state index contributed by atoms with van der Waals surface area (Å²) < 4.78 is 19.7. The Hall–Kier alpha value is -6.11. The van der Waals surface area contributed by atoms with Gasteiger partial charge in [0.25, 0.3) is 17.7 Å². The third kappa shape index (κ3) is 8.94. The Balaban J connectivity index is 0.00000261. The molecule has 0 spiro atoms. The van der Waals surface area contributed by atoms with Crippen LogP contribution in [0.3, 0.4) is 0 Å². The van der Waals surface area contributed by atoms with Crippen LogP contribution in [0.25, 0.3) is 11.3 Å². The predicted octanol–water partition coefficient (Wildman–Crippen LogP) is 7.84. The number of aromatic hydroxyl groups is 1. The van der Waals surface area contributed by atoms with E-state index in [1.807, 2.05) is 68.1 Å². The molecule has 3 amide bonds. The number of morpholine rings is 1. The number of phenols is 1. The van der Waals surface area contributed by atoms with Gasteiger partial charge in [0.05, 0.1) is 30.9 Å². The number of nitrogens with zero attached hydrogens (tertiary/aromatic N) is 4. The van der Waals surface area contributed by atoms with Crippen molar-refractivity contribution in [3.8, 4) is 28.5 Å². The lowest BCUT2D eigenvalue weighted by Crippen LogP contribution is -2.52. The van der Waals surface area contributed by atoms with Crippen molar-refractivity contribution >= 4 is 23.4 Å². The molecule has 0 bridgehead atoms. The highest BCUT2D eigenvalue weighted by Crippen LogP contribution is 2.42. The summed E-state index contributed by atoms with van der Waals surface area (Å²) in [6.45, 7) is 11.7. The molecule has 12 nitrogen and oxygen atoms in total. The molecular weight excluding hydrogens is 783 g/mol. The van der Waals surface area contributed by atoms with Crippen LogP contribution < -0.4 is 19.7 Å². The molecule has 12 heteroatoms. The van der Waals surface area contributed by atoms with Gasteiger partial charge in [0.15, 0.2) is 11.5 Å². The van der Waals surface area contributed by atoms with Crippen molar-refractivity contribution in [3.05, 3.63) is 130 Å². The van der Waals surface area contributed by atoms with Crippen LogP contribution in [0.15, 0.2) is 91.0 Å². The highest BCUT2D eigenvalue weighted by Gasteiger charge is 2.36. The van der Waals surface area contributed by atoms with E-state index >= 15 is 9.59 Å². The molecule has 0 saturated carbocycles. The highest BCUT2D eigenvalue weighted by atomic mass is 16.7. The topological polar surface area (TPSA) is 126 Å². The Morgan fingerprint density at radius 3 is 2.37 bits per heavy atom. The van der Waals surface area contributed by atoms with Gasteiger partial charge in [-0.15, -0.1) is 0 Å². The second kappa shape index (κ2) is 19.3. The van der Waals surface area contributed by atoms with E-state index in [0.717, 1.165) is 67.8 Å². The van der Waals surface area contributed by atoms with Gasteiger partial charge in [-0.05, 0) is 103 Å². The van der Waals surface area contributed by atoms with Crippen molar-refractivity contribution in [2.75, 3.05) is 51.1 Å².